The molecule has 2 spiro atoms. The van der Waals surface area contributed by atoms with E-state index < -0.39 is 102 Å². The second-order valence-corrected chi connectivity index (χ2v) is 29.8. The lowest BCUT2D eigenvalue weighted by Gasteiger charge is -2.32. The van der Waals surface area contributed by atoms with Crippen LogP contribution in [0, 0.1) is 0 Å². The number of hydrogen-bond donors (Lipinski definition) is 9. The number of nitrogens with two attached hydrogens (primary N) is 1. The summed E-state index contributed by atoms with van der Waals surface area (Å²) in [4.78, 5) is 114. The maximum absolute atomic E-state index is 13.6. The number of aliphatic hydroxyl groups is 2. The molecule has 0 saturated carbocycles. The van der Waals surface area contributed by atoms with Crippen molar-refractivity contribution in [3.63, 3.8) is 0 Å². The smallest absolute Gasteiger partial charge is 0.411 e. The van der Waals surface area contributed by atoms with Crippen LogP contribution in [0.5, 0.6) is 0 Å². The Labute approximate surface area is 529 Å². The number of aliphatic carboxylic acids is 1. The number of carbonyl (C=O) groups is 9. The molecule has 22 nitrogen and oxygen atoms in total. The number of halogens is 1. The van der Waals surface area contributed by atoms with Gasteiger partial charge in [-0.05, 0) is 115 Å². The van der Waals surface area contributed by atoms with Gasteiger partial charge in [0.25, 0.3) is 11.8 Å². The number of amides is 7. The lowest BCUT2D eigenvalue weighted by atomic mass is 10.0. The molecular weight excluding hydrogens is 1210 g/mol. The predicted octanol–water partition coefficient (Wildman–Crippen LogP) is 6.31. The van der Waals surface area contributed by atoms with Gasteiger partial charge in [0.05, 0.1) is 33.3 Å². The summed E-state index contributed by atoms with van der Waals surface area (Å²) in [7, 11) is 0. The third-order valence-corrected chi connectivity index (χ3v) is 20.4. The third-order valence-electron chi connectivity index (χ3n) is 13.7. The van der Waals surface area contributed by atoms with E-state index in [-0.39, 0.29) is 44.8 Å². The van der Waals surface area contributed by atoms with Crippen LogP contribution in [0.2, 0.25) is 0 Å². The number of hydrogen-bond acceptors (Lipinski definition) is 18. The Morgan fingerprint density at radius 1 is 0.640 bits per heavy atom. The monoisotopic (exact) mass is 1300 g/mol. The van der Waals surface area contributed by atoms with Crippen LogP contribution in [0.25, 0.3) is 0 Å². The van der Waals surface area contributed by atoms with E-state index in [4.69, 9.17) is 15.2 Å². The summed E-state index contributed by atoms with van der Waals surface area (Å²) >= 11 is 7.06. The van der Waals surface area contributed by atoms with Gasteiger partial charge >= 0.3 is 18.2 Å². The predicted molar refractivity (Wildman–Crippen MR) is 341 cm³/mol. The minimum atomic E-state index is -1.64. The van der Waals surface area contributed by atoms with E-state index in [0.29, 0.717) is 50.8 Å². The van der Waals surface area contributed by atoms with Crippen LogP contribution in [0.3, 0.4) is 0 Å². The largest absolute Gasteiger partial charge is 0.480 e. The molecule has 10 N–H and O–H groups in total. The van der Waals surface area contributed by atoms with Crippen molar-refractivity contribution in [1.29, 1.82) is 0 Å². The molecule has 0 radical (unpaired) electrons. The van der Waals surface area contributed by atoms with E-state index in [1.54, 1.807) is 119 Å². The molecule has 4 saturated heterocycles. The van der Waals surface area contributed by atoms with Crippen molar-refractivity contribution < 1.29 is 67.9 Å². The molecule has 4 aliphatic heterocycles. The highest BCUT2D eigenvalue weighted by Crippen LogP contribution is 2.52. The van der Waals surface area contributed by atoms with Gasteiger partial charge < -0.3 is 57.1 Å². The van der Waals surface area contributed by atoms with Gasteiger partial charge in [-0.2, -0.15) is 0 Å². The van der Waals surface area contributed by atoms with Crippen LogP contribution in [0.15, 0.2) is 60.7 Å². The summed E-state index contributed by atoms with van der Waals surface area (Å²) in [5.41, 5.74) is 5.92. The summed E-state index contributed by atoms with van der Waals surface area (Å²) in [5, 5.41) is 43.0. The average Bonchev–Trinajstić information content (AvgIpc) is 1.83. The highest BCUT2D eigenvalue weighted by atomic mass is 35.5. The first kappa shape index (κ1) is 75.3. The van der Waals surface area contributed by atoms with E-state index in [9.17, 15) is 58.5 Å². The number of carbonyl (C=O) groups excluding carboxylic acids is 8. The zero-order chi connectivity index (χ0) is 63.3. The number of ether oxygens (including phenoxy) is 2. The summed E-state index contributed by atoms with van der Waals surface area (Å²) < 4.78 is 10.5. The van der Waals surface area contributed by atoms with Crippen LogP contribution >= 0.6 is 59.5 Å². The lowest BCUT2D eigenvalue weighted by Crippen LogP contribution is -2.56. The van der Waals surface area contributed by atoms with Crippen LogP contribution in [0.4, 0.5) is 9.59 Å². The molecule has 0 aromatic heterocycles. The van der Waals surface area contributed by atoms with Crippen molar-refractivity contribution in [1.82, 2.24) is 36.4 Å². The summed E-state index contributed by atoms with van der Waals surface area (Å²) in [6.45, 7) is 17.8. The van der Waals surface area contributed by atoms with Crippen molar-refractivity contribution >= 4 is 113 Å². The van der Waals surface area contributed by atoms with E-state index in [0.717, 1.165) is 47.8 Å². The van der Waals surface area contributed by atoms with E-state index in [2.05, 4.69) is 26.6 Å². The Morgan fingerprint density at radius 2 is 1.06 bits per heavy atom. The second-order valence-electron chi connectivity index (χ2n) is 23.3. The van der Waals surface area contributed by atoms with Gasteiger partial charge in [0.2, 0.25) is 17.7 Å². The van der Waals surface area contributed by atoms with E-state index in [1.807, 2.05) is 51.1 Å². The molecule has 482 valence electrons. The molecule has 86 heavy (non-hydrogen) atoms. The fourth-order valence-corrected chi connectivity index (χ4v) is 16.2. The highest BCUT2D eigenvalue weighted by Gasteiger charge is 2.53. The van der Waals surface area contributed by atoms with Crippen LogP contribution in [-0.2, 0) is 43.0 Å². The lowest BCUT2D eigenvalue weighted by molar-refractivity contribution is -0.142. The minimum absolute atomic E-state index is 0. The molecule has 6 rings (SSSR count). The first-order chi connectivity index (χ1) is 39.9. The fraction of sp³-hybridized carbons (Fsp3) is 0.644. The summed E-state index contributed by atoms with van der Waals surface area (Å²) in [6.07, 6.45) is 1.26. The molecule has 4 heterocycles. The number of Topliss-reactive ketones (excluding diaryl/α,β-unsaturated/α-hetero) is 1. The highest BCUT2D eigenvalue weighted by molar-refractivity contribution is 8.19. The number of aliphatic hydroxyl groups excluding tert-OH is 2. The molecular formula is C59H91ClN8O14S4. The quantitative estimate of drug-likeness (QED) is 0.0701. The van der Waals surface area contributed by atoms with Crippen molar-refractivity contribution in [2.24, 2.45) is 5.73 Å². The zero-order valence-corrected chi connectivity index (χ0v) is 55.1. The fourth-order valence-electron chi connectivity index (χ4n) is 9.52. The Bertz CT molecular complexity index is 2560. The maximum atomic E-state index is 13.6. The number of rotatable bonds is 20. The SMILES string of the molecule is CC(C)(C)OC(=O)N1CC2(C[C@H]1C(=O)O)SCCCS2.CCCC(N)C(O)C(=O)NCC(=O)N[C@H](C)c1ccccc1.CCCC(NC(=O)[C@@H]1CC2(CN1C(=O)OC(C)(C)C)SCCCS2)C(O)C(=O)NCC(=O)N[C@H](C(C)=O)c1ccccc1.Cl. The zero-order valence-electron chi connectivity index (χ0n) is 51.1. The maximum Gasteiger partial charge on any atom is 0.411 e. The van der Waals surface area contributed by atoms with Gasteiger partial charge in [-0.25, -0.2) is 14.4 Å². The number of nitrogens with one attached hydrogen (secondary N) is 5. The first-order valence-corrected chi connectivity index (χ1v) is 32.8. The third kappa shape index (κ3) is 24.2. The molecule has 7 amide bonds. The number of benzene rings is 2. The van der Waals surface area contributed by atoms with E-state index >= 15 is 0 Å². The Balaban J connectivity index is 0.000000376. The number of thioether (sulfide) groups is 4. The summed E-state index contributed by atoms with van der Waals surface area (Å²) in [5.74, 6) is -0.127. The van der Waals surface area contributed by atoms with Gasteiger partial charge in [0.15, 0.2) is 11.9 Å². The average molecular weight is 1300 g/mol. The van der Waals surface area contributed by atoms with Crippen molar-refractivity contribution in [2.45, 2.75) is 188 Å². The Kier molecular flexibility index (Phi) is 30.9. The van der Waals surface area contributed by atoms with Gasteiger partial charge in [0, 0.05) is 32.0 Å². The second kappa shape index (κ2) is 35.3. The Morgan fingerprint density at radius 3 is 1.49 bits per heavy atom. The number of carboxylic acid groups (broad SMARTS) is 1. The molecule has 4 unspecified atom stereocenters. The Hall–Kier alpha value is -4.96. The normalized spacial score (nSPS) is 19.8. The molecule has 27 heteroatoms. The van der Waals surface area contributed by atoms with Crippen molar-refractivity contribution in [2.75, 3.05) is 49.2 Å². The summed E-state index contributed by atoms with van der Waals surface area (Å²) in [6, 6.07) is 14.1. The molecule has 2 aromatic carbocycles. The van der Waals surface area contributed by atoms with Gasteiger partial charge in [-0.1, -0.05) is 87.4 Å². The standard InChI is InChI=1S/C30H44N4O7S2.C16H25N3O3.C13H21NO4S2.ClH/c1-6-11-21(25(37)27(39)31-17-23(36)33-24(19(2)35)20-12-8-7-9-13-20)32-26(38)22-16-30(42-14-10-15-43-30)18-34(22)28(40)41-29(3,4)5;1-3-7-13(17)15(21)16(22)18-10-14(20)19-11(2)12-8-5-4-6-9-12;1-12(2,3)18-11(17)14-8-13(7-9(14)10(15)16)19-5-4-6-20-13;/h7-9,12-13,21-22,24-25,37H,6,10-11,14-18H2,1-5H3,(H,31,39)(H,32,38)(H,33,36);4-6,8-9,11,13,15,21H,3,7,10,17H2,1-2H3,(H,18,22)(H,19,20);9H,4-8H2,1-3H3,(H,15,16);1H/t21?,22-,24+,25?;11-,13?,15?;9-;/m010./s1. The number of ketones is 1. The first-order valence-electron chi connectivity index (χ1n) is 28.9. The number of likely N-dealkylation sites (tertiary alicyclic amines) is 2. The van der Waals surface area contributed by atoms with Crippen LogP contribution < -0.4 is 32.3 Å². The van der Waals surface area contributed by atoms with Gasteiger partial charge in [-0.3, -0.25) is 38.6 Å². The molecule has 8 atom stereocenters. The molecule has 4 fully saturated rings. The van der Waals surface area contributed by atoms with Gasteiger partial charge in [0.1, 0.15) is 35.4 Å². The minimum Gasteiger partial charge on any atom is -0.480 e. The van der Waals surface area contributed by atoms with Crippen LogP contribution in [0.1, 0.15) is 144 Å². The van der Waals surface area contributed by atoms with Gasteiger partial charge in [-0.15, -0.1) is 59.5 Å². The van der Waals surface area contributed by atoms with E-state index in [1.165, 1.54) is 16.7 Å². The molecule has 0 bridgehead atoms. The molecule has 4 aliphatic rings. The number of nitrogens with zero attached hydrogens (tertiary/aromatic N) is 2. The van der Waals surface area contributed by atoms with Crippen molar-refractivity contribution in [3.05, 3.63) is 71.8 Å². The topological polar surface area (TPSA) is 325 Å². The van der Waals surface area contributed by atoms with Crippen molar-refractivity contribution in [3.8, 4) is 0 Å². The number of carboxylic acids is 1. The molecule has 2 aromatic rings. The molecule has 0 aliphatic carbocycles. The van der Waals surface area contributed by atoms with Crippen LogP contribution in [-0.4, -0.2) is 184 Å².